The van der Waals surface area contributed by atoms with Crippen molar-refractivity contribution in [2.75, 3.05) is 10.6 Å². The SMILES string of the molecule is C[C@@H](OC(=O)Nc1c(-c2ccc(NC(=O)C3CC4(F)CC3C4)cn2)nnn1C)c1cccnc1F. The van der Waals surface area contributed by atoms with Crippen LogP contribution in [0.15, 0.2) is 36.7 Å². The van der Waals surface area contributed by atoms with Crippen molar-refractivity contribution in [2.24, 2.45) is 18.9 Å². The third-order valence-corrected chi connectivity index (χ3v) is 6.58. The van der Waals surface area contributed by atoms with Gasteiger partial charge in [-0.3, -0.25) is 15.1 Å². The molecule has 0 spiro atoms. The van der Waals surface area contributed by atoms with E-state index < -0.39 is 23.8 Å². The van der Waals surface area contributed by atoms with Crippen LogP contribution in [0.4, 0.5) is 25.1 Å². The predicted molar refractivity (Wildman–Crippen MR) is 120 cm³/mol. The van der Waals surface area contributed by atoms with Crippen LogP contribution >= 0.6 is 0 Å². The molecule has 3 saturated carbocycles. The van der Waals surface area contributed by atoms with E-state index in [4.69, 9.17) is 4.74 Å². The highest BCUT2D eigenvalue weighted by Gasteiger charge is 2.58. The van der Waals surface area contributed by atoms with Gasteiger partial charge in [0.2, 0.25) is 11.9 Å². The molecule has 3 aromatic heterocycles. The second-order valence-corrected chi connectivity index (χ2v) is 9.02. The number of pyridine rings is 2. The van der Waals surface area contributed by atoms with Crippen LogP contribution in [0.25, 0.3) is 11.4 Å². The lowest BCUT2D eigenvalue weighted by Gasteiger charge is -2.30. The van der Waals surface area contributed by atoms with E-state index in [-0.39, 0.29) is 41.2 Å². The van der Waals surface area contributed by atoms with E-state index >= 15 is 0 Å². The number of halogens is 2. The number of carbonyl (C=O) groups excluding carboxylic acids is 2. The molecule has 1 unspecified atom stereocenters. The number of amides is 2. The number of anilines is 2. The maximum atomic E-state index is 14.1. The molecule has 35 heavy (non-hydrogen) atoms. The highest BCUT2D eigenvalue weighted by Crippen LogP contribution is 2.58. The normalized spacial score (nSPS) is 23.3. The van der Waals surface area contributed by atoms with E-state index in [9.17, 15) is 18.4 Å². The molecule has 3 fully saturated rings. The number of alkyl halides is 1. The van der Waals surface area contributed by atoms with Gasteiger partial charge >= 0.3 is 6.09 Å². The smallest absolute Gasteiger partial charge is 0.413 e. The maximum Gasteiger partial charge on any atom is 0.413 e. The molecule has 10 nitrogen and oxygen atoms in total. The fourth-order valence-corrected chi connectivity index (χ4v) is 4.76. The summed E-state index contributed by atoms with van der Waals surface area (Å²) in [5, 5.41) is 13.3. The van der Waals surface area contributed by atoms with Crippen LogP contribution in [-0.2, 0) is 16.6 Å². The number of aryl methyl sites for hydroxylation is 1. The van der Waals surface area contributed by atoms with Crippen LogP contribution in [-0.4, -0.2) is 42.6 Å². The van der Waals surface area contributed by atoms with Crippen molar-refractivity contribution in [3.8, 4) is 11.4 Å². The third kappa shape index (κ3) is 4.43. The zero-order valence-electron chi connectivity index (χ0n) is 19.0. The highest BCUT2D eigenvalue weighted by atomic mass is 19.1. The number of nitrogens with one attached hydrogen (secondary N) is 2. The van der Waals surface area contributed by atoms with Crippen molar-refractivity contribution in [2.45, 2.75) is 38.0 Å². The molecule has 2 N–H and O–H groups in total. The Balaban J connectivity index is 1.24. The molecule has 0 aliphatic heterocycles. The summed E-state index contributed by atoms with van der Waals surface area (Å²) in [4.78, 5) is 32.8. The molecule has 182 valence electrons. The summed E-state index contributed by atoms with van der Waals surface area (Å²) in [6.07, 6.45) is 2.24. The predicted octanol–water partition coefficient (Wildman–Crippen LogP) is 3.80. The molecule has 0 saturated heterocycles. The molecule has 2 bridgehead atoms. The van der Waals surface area contributed by atoms with E-state index in [0.717, 1.165) is 0 Å². The Kier molecular flexibility index (Phi) is 5.65. The lowest BCUT2D eigenvalue weighted by Crippen LogP contribution is -2.31. The molecule has 0 aromatic carbocycles. The largest absolute Gasteiger partial charge is 0.441 e. The topological polar surface area (TPSA) is 124 Å². The number of aromatic nitrogens is 5. The minimum atomic E-state index is -1.17. The average Bonchev–Trinajstić information content (AvgIpc) is 3.45. The zero-order chi connectivity index (χ0) is 24.7. The number of fused-ring (bicyclic) bond motifs is 1. The standard InChI is InChI=1S/C23H23F2N7O3/c1-12(15-4-3-7-26-19(15)24)35-22(34)29-20-18(30-31-32(20)2)17-6-5-14(11-27-17)28-21(33)16-10-23(25)8-13(16)9-23/h3-7,11-13,16H,8-10H2,1-2H3,(H,28,33)(H,29,34)/t12-,13?,16?,23?/m1/s1. The molecular formula is C23H23F2N7O3. The molecule has 12 heteroatoms. The van der Waals surface area contributed by atoms with Crippen molar-refractivity contribution in [3.63, 3.8) is 0 Å². The van der Waals surface area contributed by atoms with E-state index in [0.29, 0.717) is 24.2 Å². The quantitative estimate of drug-likeness (QED) is 0.511. The summed E-state index contributed by atoms with van der Waals surface area (Å²) in [5.41, 5.74) is 0.111. The number of nitrogens with zero attached hydrogens (tertiary/aromatic N) is 5. The van der Waals surface area contributed by atoms with E-state index in [1.807, 2.05) is 0 Å². The van der Waals surface area contributed by atoms with Gasteiger partial charge in [-0.25, -0.2) is 18.9 Å². The van der Waals surface area contributed by atoms with Crippen LogP contribution in [0, 0.1) is 17.8 Å². The van der Waals surface area contributed by atoms with Crippen LogP contribution in [0.3, 0.4) is 0 Å². The van der Waals surface area contributed by atoms with Gasteiger partial charge in [0, 0.05) is 24.7 Å². The minimum Gasteiger partial charge on any atom is -0.441 e. The van der Waals surface area contributed by atoms with Gasteiger partial charge in [-0.15, -0.1) is 5.10 Å². The molecular weight excluding hydrogens is 460 g/mol. The first-order valence-electron chi connectivity index (χ1n) is 11.2. The Morgan fingerprint density at radius 1 is 1.20 bits per heavy atom. The molecule has 2 amide bonds. The second-order valence-electron chi connectivity index (χ2n) is 9.02. The Morgan fingerprint density at radius 2 is 2.00 bits per heavy atom. The van der Waals surface area contributed by atoms with Gasteiger partial charge < -0.3 is 10.1 Å². The minimum absolute atomic E-state index is 0.109. The summed E-state index contributed by atoms with van der Waals surface area (Å²) in [6.45, 7) is 1.53. The second kappa shape index (κ2) is 8.67. The van der Waals surface area contributed by atoms with Crippen molar-refractivity contribution in [1.29, 1.82) is 0 Å². The van der Waals surface area contributed by atoms with Gasteiger partial charge in [-0.1, -0.05) is 5.21 Å². The summed E-state index contributed by atoms with van der Waals surface area (Å²) < 4.78 is 34.6. The monoisotopic (exact) mass is 483 g/mol. The molecule has 0 radical (unpaired) electrons. The third-order valence-electron chi connectivity index (χ3n) is 6.58. The number of rotatable bonds is 6. The number of ether oxygens (including phenoxy) is 1. The lowest BCUT2D eigenvalue weighted by molar-refractivity contribution is -0.120. The van der Waals surface area contributed by atoms with E-state index in [2.05, 4.69) is 30.9 Å². The molecule has 2 atom stereocenters. The Hall–Kier alpha value is -3.96. The van der Waals surface area contributed by atoms with E-state index in [1.165, 1.54) is 30.1 Å². The van der Waals surface area contributed by atoms with Crippen LogP contribution < -0.4 is 10.6 Å². The van der Waals surface area contributed by atoms with Gasteiger partial charge in [-0.2, -0.15) is 4.39 Å². The van der Waals surface area contributed by atoms with Gasteiger partial charge in [0.15, 0.2) is 11.5 Å². The van der Waals surface area contributed by atoms with Crippen molar-refractivity contribution in [3.05, 3.63) is 48.2 Å². The van der Waals surface area contributed by atoms with Crippen molar-refractivity contribution in [1.82, 2.24) is 25.0 Å². The summed E-state index contributed by atoms with van der Waals surface area (Å²) in [5.74, 6) is -0.912. The first kappa shape index (κ1) is 22.8. The van der Waals surface area contributed by atoms with Gasteiger partial charge in [-0.05, 0) is 56.4 Å². The summed E-state index contributed by atoms with van der Waals surface area (Å²) >= 11 is 0. The molecule has 3 aromatic rings. The fraction of sp³-hybridized carbons (Fsp3) is 0.391. The Labute approximate surface area is 199 Å². The lowest BCUT2D eigenvalue weighted by atomic mass is 9.80. The van der Waals surface area contributed by atoms with Crippen molar-refractivity contribution < 1.29 is 23.1 Å². The zero-order valence-corrected chi connectivity index (χ0v) is 19.0. The van der Waals surface area contributed by atoms with E-state index in [1.54, 1.807) is 25.2 Å². The number of carbonyl (C=O) groups is 2. The van der Waals surface area contributed by atoms with Crippen molar-refractivity contribution >= 4 is 23.5 Å². The Bertz CT molecular complexity index is 1270. The molecule has 3 aliphatic rings. The van der Waals surface area contributed by atoms with Crippen LogP contribution in [0.5, 0.6) is 0 Å². The fourth-order valence-electron chi connectivity index (χ4n) is 4.76. The first-order chi connectivity index (χ1) is 16.7. The maximum absolute atomic E-state index is 14.1. The number of hydrogen-bond donors (Lipinski definition) is 2. The summed E-state index contributed by atoms with van der Waals surface area (Å²) in [6, 6.07) is 6.29. The van der Waals surface area contributed by atoms with Gasteiger partial charge in [0.1, 0.15) is 11.8 Å². The average molecular weight is 483 g/mol. The van der Waals surface area contributed by atoms with Crippen LogP contribution in [0.1, 0.15) is 37.9 Å². The molecule has 6 rings (SSSR count). The first-order valence-corrected chi connectivity index (χ1v) is 11.2. The van der Waals surface area contributed by atoms with Crippen LogP contribution in [0.2, 0.25) is 0 Å². The Morgan fingerprint density at radius 3 is 2.66 bits per heavy atom. The highest BCUT2D eigenvalue weighted by molar-refractivity contribution is 5.93. The summed E-state index contributed by atoms with van der Waals surface area (Å²) in [7, 11) is 1.58. The van der Waals surface area contributed by atoms with Gasteiger partial charge in [0.25, 0.3) is 0 Å². The molecule has 3 heterocycles. The number of hydrogen-bond acceptors (Lipinski definition) is 7. The molecule has 3 aliphatic carbocycles. The van der Waals surface area contributed by atoms with Gasteiger partial charge in [0.05, 0.1) is 17.6 Å².